The molecule has 1 rings (SSSR count). The van der Waals surface area contributed by atoms with Crippen LogP contribution in [0.4, 0.5) is 0 Å². The van der Waals surface area contributed by atoms with E-state index in [4.69, 9.17) is 17.3 Å². The van der Waals surface area contributed by atoms with E-state index in [1.54, 1.807) is 0 Å². The number of rotatable bonds is 9. The van der Waals surface area contributed by atoms with Crippen LogP contribution in [-0.2, 0) is 11.2 Å². The summed E-state index contributed by atoms with van der Waals surface area (Å²) in [6, 6.07) is 7.86. The topological polar surface area (TPSA) is 55.1 Å². The fraction of sp³-hybridized carbons (Fsp3) is 0.562. The van der Waals surface area contributed by atoms with Gasteiger partial charge in [-0.2, -0.15) is 0 Å². The molecule has 1 atom stereocenters. The molecule has 1 unspecified atom stereocenters. The Balaban J connectivity index is 2.23. The van der Waals surface area contributed by atoms with Gasteiger partial charge < -0.3 is 11.1 Å². The molecule has 0 radical (unpaired) electrons. The van der Waals surface area contributed by atoms with Crippen LogP contribution in [0.1, 0.15) is 44.6 Å². The molecule has 0 fully saturated rings. The van der Waals surface area contributed by atoms with Crippen molar-refractivity contribution in [3.8, 4) is 0 Å². The maximum absolute atomic E-state index is 11.8. The number of benzene rings is 1. The minimum absolute atomic E-state index is 0.103. The Morgan fingerprint density at radius 2 is 1.95 bits per heavy atom. The molecular formula is C16H25ClN2O. The van der Waals surface area contributed by atoms with Gasteiger partial charge in [0.15, 0.2) is 0 Å². The standard InChI is InChI=1S/C16H25ClN2O/c1-13(12-14-8-5-6-9-15(14)17)19-16(20)10-4-2-3-7-11-18/h5-6,8-9,13H,2-4,7,10-12,18H2,1H3,(H,19,20). The van der Waals surface area contributed by atoms with Crippen molar-refractivity contribution < 1.29 is 4.79 Å². The minimum Gasteiger partial charge on any atom is -0.353 e. The van der Waals surface area contributed by atoms with Gasteiger partial charge in [0, 0.05) is 17.5 Å². The lowest BCUT2D eigenvalue weighted by Gasteiger charge is -2.14. The highest BCUT2D eigenvalue weighted by Crippen LogP contribution is 2.16. The number of nitrogens with one attached hydrogen (secondary N) is 1. The van der Waals surface area contributed by atoms with Crippen LogP contribution < -0.4 is 11.1 Å². The maximum Gasteiger partial charge on any atom is 0.220 e. The average Bonchev–Trinajstić information content (AvgIpc) is 2.41. The Hall–Kier alpha value is -1.06. The molecule has 0 saturated carbocycles. The lowest BCUT2D eigenvalue weighted by Crippen LogP contribution is -2.33. The van der Waals surface area contributed by atoms with Crippen LogP contribution in [0.25, 0.3) is 0 Å². The van der Waals surface area contributed by atoms with Crippen LogP contribution in [0.5, 0.6) is 0 Å². The van der Waals surface area contributed by atoms with Crippen LogP contribution in [-0.4, -0.2) is 18.5 Å². The summed E-state index contributed by atoms with van der Waals surface area (Å²) in [5.74, 6) is 0.123. The van der Waals surface area contributed by atoms with Gasteiger partial charge in [-0.15, -0.1) is 0 Å². The average molecular weight is 297 g/mol. The van der Waals surface area contributed by atoms with E-state index in [2.05, 4.69) is 5.32 Å². The molecule has 1 aromatic rings. The largest absolute Gasteiger partial charge is 0.353 e. The zero-order chi connectivity index (χ0) is 14.8. The molecule has 0 aliphatic heterocycles. The fourth-order valence-electron chi connectivity index (χ4n) is 2.18. The summed E-state index contributed by atoms with van der Waals surface area (Å²) in [6.07, 6.45) is 5.52. The van der Waals surface area contributed by atoms with Crippen molar-refractivity contribution in [1.82, 2.24) is 5.32 Å². The lowest BCUT2D eigenvalue weighted by atomic mass is 10.1. The molecule has 20 heavy (non-hydrogen) atoms. The monoisotopic (exact) mass is 296 g/mol. The van der Waals surface area contributed by atoms with Gasteiger partial charge in [-0.25, -0.2) is 0 Å². The van der Waals surface area contributed by atoms with Gasteiger partial charge in [0.1, 0.15) is 0 Å². The van der Waals surface area contributed by atoms with E-state index in [0.29, 0.717) is 6.42 Å². The summed E-state index contributed by atoms with van der Waals surface area (Å²) in [4.78, 5) is 11.8. The molecule has 4 heteroatoms. The summed E-state index contributed by atoms with van der Waals surface area (Å²) < 4.78 is 0. The van der Waals surface area contributed by atoms with Crippen LogP contribution in [0.2, 0.25) is 5.02 Å². The SMILES string of the molecule is CC(Cc1ccccc1Cl)NC(=O)CCCCCCN. The molecule has 0 saturated heterocycles. The van der Waals surface area contributed by atoms with Crippen LogP contribution in [0.15, 0.2) is 24.3 Å². The minimum atomic E-state index is 0.103. The van der Waals surface area contributed by atoms with E-state index in [0.717, 1.165) is 49.2 Å². The number of carbonyl (C=O) groups is 1. The second-order valence-corrected chi connectivity index (χ2v) is 5.62. The van der Waals surface area contributed by atoms with Gasteiger partial charge in [-0.3, -0.25) is 4.79 Å². The van der Waals surface area contributed by atoms with E-state index < -0.39 is 0 Å². The highest BCUT2D eigenvalue weighted by Gasteiger charge is 2.09. The number of amides is 1. The molecule has 1 aromatic carbocycles. The quantitative estimate of drug-likeness (QED) is 0.687. The van der Waals surface area contributed by atoms with E-state index in [-0.39, 0.29) is 11.9 Å². The highest BCUT2D eigenvalue weighted by atomic mass is 35.5. The van der Waals surface area contributed by atoms with Crippen molar-refractivity contribution in [1.29, 1.82) is 0 Å². The number of hydrogen-bond donors (Lipinski definition) is 2. The second kappa shape index (κ2) is 9.78. The lowest BCUT2D eigenvalue weighted by molar-refractivity contribution is -0.121. The van der Waals surface area contributed by atoms with E-state index in [1.807, 2.05) is 31.2 Å². The summed E-state index contributed by atoms with van der Waals surface area (Å²) >= 11 is 6.11. The molecular weight excluding hydrogens is 272 g/mol. The summed E-state index contributed by atoms with van der Waals surface area (Å²) in [6.45, 7) is 2.75. The number of nitrogens with two attached hydrogens (primary N) is 1. The number of carbonyl (C=O) groups excluding carboxylic acids is 1. The van der Waals surface area contributed by atoms with Crippen molar-refractivity contribution in [2.24, 2.45) is 5.73 Å². The third kappa shape index (κ3) is 6.92. The predicted octanol–water partition coefficient (Wildman–Crippen LogP) is 3.30. The second-order valence-electron chi connectivity index (χ2n) is 5.22. The molecule has 1 amide bonds. The molecule has 112 valence electrons. The molecule has 0 heterocycles. The Morgan fingerprint density at radius 3 is 2.65 bits per heavy atom. The van der Waals surface area contributed by atoms with Gasteiger partial charge in [-0.1, -0.05) is 42.6 Å². The fourth-order valence-corrected chi connectivity index (χ4v) is 2.39. The van der Waals surface area contributed by atoms with E-state index in [9.17, 15) is 4.79 Å². The van der Waals surface area contributed by atoms with Gasteiger partial charge in [0.2, 0.25) is 5.91 Å². The van der Waals surface area contributed by atoms with Crippen LogP contribution >= 0.6 is 11.6 Å². The normalized spacial score (nSPS) is 12.2. The van der Waals surface area contributed by atoms with Gasteiger partial charge in [0.05, 0.1) is 0 Å². The first-order chi connectivity index (χ1) is 9.63. The Bertz CT molecular complexity index is 409. The number of unbranched alkanes of at least 4 members (excludes halogenated alkanes) is 3. The van der Waals surface area contributed by atoms with Gasteiger partial charge in [0.25, 0.3) is 0 Å². The molecule has 0 bridgehead atoms. The maximum atomic E-state index is 11.8. The van der Waals surface area contributed by atoms with Crippen LogP contribution in [0.3, 0.4) is 0 Å². The molecule has 0 spiro atoms. The Morgan fingerprint density at radius 1 is 1.25 bits per heavy atom. The van der Waals surface area contributed by atoms with Crippen LogP contribution in [0, 0.1) is 0 Å². The smallest absolute Gasteiger partial charge is 0.220 e. The highest BCUT2D eigenvalue weighted by molar-refractivity contribution is 6.31. The Kier molecular flexibility index (Phi) is 8.31. The zero-order valence-electron chi connectivity index (χ0n) is 12.2. The molecule has 3 nitrogen and oxygen atoms in total. The van der Waals surface area contributed by atoms with Gasteiger partial charge in [-0.05, 0) is 44.4 Å². The number of hydrogen-bond acceptors (Lipinski definition) is 2. The predicted molar refractivity (Wildman–Crippen MR) is 84.9 cm³/mol. The van der Waals surface area contributed by atoms with Crippen molar-refractivity contribution in [2.45, 2.75) is 51.5 Å². The molecule has 3 N–H and O–H groups in total. The molecule has 0 aromatic heterocycles. The van der Waals surface area contributed by atoms with Gasteiger partial charge >= 0.3 is 0 Å². The first-order valence-electron chi connectivity index (χ1n) is 7.36. The van der Waals surface area contributed by atoms with Crippen molar-refractivity contribution in [3.05, 3.63) is 34.9 Å². The molecule has 0 aliphatic carbocycles. The van der Waals surface area contributed by atoms with Crippen molar-refractivity contribution in [2.75, 3.05) is 6.54 Å². The van der Waals surface area contributed by atoms with Crippen molar-refractivity contribution in [3.63, 3.8) is 0 Å². The number of halogens is 1. The first kappa shape index (κ1) is 17.0. The first-order valence-corrected chi connectivity index (χ1v) is 7.74. The summed E-state index contributed by atoms with van der Waals surface area (Å²) in [5, 5.41) is 3.78. The third-order valence-corrected chi connectivity index (χ3v) is 3.62. The van der Waals surface area contributed by atoms with E-state index >= 15 is 0 Å². The van der Waals surface area contributed by atoms with E-state index in [1.165, 1.54) is 0 Å². The third-order valence-electron chi connectivity index (χ3n) is 3.25. The zero-order valence-corrected chi connectivity index (χ0v) is 13.0. The Labute approximate surface area is 126 Å². The summed E-state index contributed by atoms with van der Waals surface area (Å²) in [5.41, 5.74) is 6.51. The molecule has 0 aliphatic rings. The van der Waals surface area contributed by atoms with Crippen molar-refractivity contribution >= 4 is 17.5 Å². The summed E-state index contributed by atoms with van der Waals surface area (Å²) in [7, 11) is 0.